The van der Waals surface area contributed by atoms with Crippen molar-refractivity contribution < 1.29 is 17.6 Å². The highest BCUT2D eigenvalue weighted by atomic mass is 32.2. The number of nitrogens with zero attached hydrogens (tertiary/aromatic N) is 2. The van der Waals surface area contributed by atoms with E-state index in [-0.39, 0.29) is 12.4 Å². The Morgan fingerprint density at radius 2 is 2.09 bits per heavy atom. The van der Waals surface area contributed by atoms with Crippen molar-refractivity contribution in [2.45, 2.75) is 18.7 Å². The number of sulfone groups is 1. The van der Waals surface area contributed by atoms with Gasteiger partial charge in [0, 0.05) is 23.4 Å². The van der Waals surface area contributed by atoms with Crippen LogP contribution in [0.4, 0.5) is 4.39 Å². The van der Waals surface area contributed by atoms with Crippen molar-refractivity contribution in [3.8, 4) is 0 Å². The molecule has 0 aliphatic rings. The first-order chi connectivity index (χ1) is 10.3. The van der Waals surface area contributed by atoms with Crippen LogP contribution in [0.25, 0.3) is 0 Å². The third-order valence-corrected chi connectivity index (χ3v) is 5.43. The van der Waals surface area contributed by atoms with Crippen LogP contribution in [-0.2, 0) is 21.2 Å². The number of carbonyl (C=O) groups excluding carboxylic acids is 1. The SMILES string of the molecule is CC(C(=O)N=c1sccn1Cc1ccccc1F)S(C)(=O)=O. The van der Waals surface area contributed by atoms with Crippen molar-refractivity contribution in [3.05, 3.63) is 52.0 Å². The molecule has 0 bridgehead atoms. The summed E-state index contributed by atoms with van der Waals surface area (Å²) >= 11 is 1.19. The van der Waals surface area contributed by atoms with Crippen LogP contribution in [0.3, 0.4) is 0 Å². The number of hydrogen-bond acceptors (Lipinski definition) is 4. The molecule has 5 nitrogen and oxygen atoms in total. The van der Waals surface area contributed by atoms with E-state index < -0.39 is 21.0 Å². The minimum absolute atomic E-state index is 0.218. The second-order valence-corrected chi connectivity index (χ2v) is 8.07. The van der Waals surface area contributed by atoms with Gasteiger partial charge in [0.2, 0.25) is 0 Å². The molecule has 0 aliphatic heterocycles. The molecule has 2 rings (SSSR count). The molecule has 1 aromatic carbocycles. The van der Waals surface area contributed by atoms with Gasteiger partial charge in [-0.05, 0) is 13.0 Å². The summed E-state index contributed by atoms with van der Waals surface area (Å²) in [5.74, 6) is -1.07. The number of benzene rings is 1. The van der Waals surface area contributed by atoms with E-state index in [2.05, 4.69) is 4.99 Å². The summed E-state index contributed by atoms with van der Waals surface area (Å²) in [5, 5.41) is 0.509. The molecule has 0 saturated carbocycles. The van der Waals surface area contributed by atoms with E-state index in [1.54, 1.807) is 34.3 Å². The fraction of sp³-hybridized carbons (Fsp3) is 0.286. The fourth-order valence-corrected chi connectivity index (χ4v) is 2.84. The molecule has 2 aromatic rings. The summed E-state index contributed by atoms with van der Waals surface area (Å²) < 4.78 is 38.1. The van der Waals surface area contributed by atoms with Crippen molar-refractivity contribution in [1.29, 1.82) is 0 Å². The van der Waals surface area contributed by atoms with Crippen LogP contribution in [0.2, 0.25) is 0 Å². The monoisotopic (exact) mass is 342 g/mol. The van der Waals surface area contributed by atoms with E-state index in [0.29, 0.717) is 10.4 Å². The molecule has 0 fully saturated rings. The smallest absolute Gasteiger partial charge is 0.266 e. The third-order valence-electron chi connectivity index (χ3n) is 3.15. The van der Waals surface area contributed by atoms with Crippen LogP contribution >= 0.6 is 11.3 Å². The van der Waals surface area contributed by atoms with Crippen LogP contribution in [0, 0.1) is 5.82 Å². The Bertz CT molecular complexity index is 853. The van der Waals surface area contributed by atoms with Crippen LogP contribution in [0.15, 0.2) is 40.8 Å². The first-order valence-electron chi connectivity index (χ1n) is 6.44. The Balaban J connectivity index is 2.32. The molecular weight excluding hydrogens is 327 g/mol. The Labute approximate surface area is 131 Å². The molecule has 8 heteroatoms. The number of rotatable bonds is 4. The van der Waals surface area contributed by atoms with Gasteiger partial charge in [0.15, 0.2) is 14.6 Å². The summed E-state index contributed by atoms with van der Waals surface area (Å²) in [5.41, 5.74) is 0.464. The highest BCUT2D eigenvalue weighted by molar-refractivity contribution is 7.92. The second kappa shape index (κ2) is 6.53. The predicted molar refractivity (Wildman–Crippen MR) is 82.7 cm³/mol. The van der Waals surface area contributed by atoms with E-state index >= 15 is 0 Å². The van der Waals surface area contributed by atoms with Crippen LogP contribution in [0.1, 0.15) is 12.5 Å². The molecule has 0 aliphatic carbocycles. The van der Waals surface area contributed by atoms with E-state index in [9.17, 15) is 17.6 Å². The van der Waals surface area contributed by atoms with Gasteiger partial charge in [-0.25, -0.2) is 12.8 Å². The normalized spacial score (nSPS) is 14.0. The summed E-state index contributed by atoms with van der Waals surface area (Å²) in [6, 6.07) is 6.32. The van der Waals surface area contributed by atoms with Gasteiger partial charge in [0.25, 0.3) is 5.91 Å². The van der Waals surface area contributed by atoms with Crippen molar-refractivity contribution in [2.75, 3.05) is 6.26 Å². The van der Waals surface area contributed by atoms with Crippen molar-refractivity contribution in [1.82, 2.24) is 4.57 Å². The van der Waals surface area contributed by atoms with E-state index in [1.165, 1.54) is 24.3 Å². The second-order valence-electron chi connectivity index (χ2n) is 4.83. The van der Waals surface area contributed by atoms with Gasteiger partial charge in [-0.3, -0.25) is 4.79 Å². The highest BCUT2D eigenvalue weighted by Gasteiger charge is 2.23. The largest absolute Gasteiger partial charge is 0.319 e. The van der Waals surface area contributed by atoms with Gasteiger partial charge in [-0.1, -0.05) is 18.2 Å². The molecule has 0 saturated heterocycles. The molecule has 0 radical (unpaired) electrons. The first-order valence-corrected chi connectivity index (χ1v) is 9.27. The van der Waals surface area contributed by atoms with Gasteiger partial charge in [0.1, 0.15) is 11.1 Å². The Morgan fingerprint density at radius 3 is 2.73 bits per heavy atom. The van der Waals surface area contributed by atoms with Gasteiger partial charge < -0.3 is 4.57 Å². The predicted octanol–water partition coefficient (Wildman–Crippen LogP) is 1.60. The Kier molecular flexibility index (Phi) is 4.92. The minimum Gasteiger partial charge on any atom is -0.319 e. The number of amides is 1. The summed E-state index contributed by atoms with van der Waals surface area (Å²) in [4.78, 5) is 16.1. The third kappa shape index (κ3) is 3.89. The molecule has 1 amide bonds. The quantitative estimate of drug-likeness (QED) is 0.847. The van der Waals surface area contributed by atoms with Gasteiger partial charge in [-0.2, -0.15) is 4.99 Å². The number of halogens is 1. The van der Waals surface area contributed by atoms with Crippen LogP contribution in [0.5, 0.6) is 0 Å². The van der Waals surface area contributed by atoms with Crippen molar-refractivity contribution in [2.24, 2.45) is 4.99 Å². The lowest BCUT2D eigenvalue weighted by molar-refractivity contribution is -0.117. The van der Waals surface area contributed by atoms with E-state index in [4.69, 9.17) is 0 Å². The molecule has 1 heterocycles. The zero-order chi connectivity index (χ0) is 16.3. The van der Waals surface area contributed by atoms with E-state index in [1.807, 2.05) is 0 Å². The lowest BCUT2D eigenvalue weighted by atomic mass is 10.2. The van der Waals surface area contributed by atoms with Crippen LogP contribution in [-0.4, -0.2) is 30.4 Å². The highest BCUT2D eigenvalue weighted by Crippen LogP contribution is 2.08. The molecule has 1 atom stereocenters. The summed E-state index contributed by atoms with van der Waals surface area (Å²) in [6.45, 7) is 1.52. The average Bonchev–Trinajstić information content (AvgIpc) is 2.86. The molecule has 1 unspecified atom stereocenters. The summed E-state index contributed by atoms with van der Waals surface area (Å²) in [7, 11) is -3.49. The van der Waals surface area contributed by atoms with Gasteiger partial charge in [0.05, 0.1) is 6.54 Å². The molecule has 0 spiro atoms. The average molecular weight is 342 g/mol. The maximum atomic E-state index is 13.7. The first kappa shape index (κ1) is 16.6. The number of carbonyl (C=O) groups is 1. The fourth-order valence-electron chi connectivity index (χ4n) is 1.69. The van der Waals surface area contributed by atoms with Gasteiger partial charge >= 0.3 is 0 Å². The topological polar surface area (TPSA) is 68.5 Å². The number of aromatic nitrogens is 1. The molecular formula is C14H15FN2O3S2. The van der Waals surface area contributed by atoms with Crippen LogP contribution < -0.4 is 4.80 Å². The standard InChI is InChI=1S/C14H15FN2O3S2/c1-10(22(2,19)20)13(18)16-14-17(7-8-21-14)9-11-5-3-4-6-12(11)15/h3-8,10H,9H2,1-2H3. The molecule has 0 N–H and O–H groups in total. The van der Waals surface area contributed by atoms with Gasteiger partial charge in [-0.15, -0.1) is 11.3 Å². The van der Waals surface area contributed by atoms with E-state index in [0.717, 1.165) is 6.26 Å². The number of hydrogen-bond donors (Lipinski definition) is 0. The maximum Gasteiger partial charge on any atom is 0.266 e. The number of thiazole rings is 1. The molecule has 1 aromatic heterocycles. The molecule has 118 valence electrons. The lowest BCUT2D eigenvalue weighted by Crippen LogP contribution is -2.27. The summed E-state index contributed by atoms with van der Waals surface area (Å²) in [6.07, 6.45) is 2.67. The lowest BCUT2D eigenvalue weighted by Gasteiger charge is -2.06. The minimum atomic E-state index is -3.49. The van der Waals surface area contributed by atoms with Crippen molar-refractivity contribution in [3.63, 3.8) is 0 Å². The zero-order valence-electron chi connectivity index (χ0n) is 12.1. The Hall–Kier alpha value is -1.80. The van der Waals surface area contributed by atoms with Crippen molar-refractivity contribution >= 4 is 27.1 Å². The maximum absolute atomic E-state index is 13.7. The zero-order valence-corrected chi connectivity index (χ0v) is 13.7. The molecule has 22 heavy (non-hydrogen) atoms. The Morgan fingerprint density at radius 1 is 1.41 bits per heavy atom.